The fraction of sp³-hybridized carbons (Fsp3) is 0.417. The van der Waals surface area contributed by atoms with E-state index in [4.69, 9.17) is 9.47 Å². The summed E-state index contributed by atoms with van der Waals surface area (Å²) in [4.78, 5) is 10.9. The molecule has 0 amide bonds. The van der Waals surface area contributed by atoms with Crippen LogP contribution in [0.15, 0.2) is 30.3 Å². The first-order chi connectivity index (χ1) is 7.66. The van der Waals surface area contributed by atoms with Gasteiger partial charge in [0.2, 0.25) is 6.29 Å². The quantitative estimate of drug-likeness (QED) is 0.619. The molecule has 1 aromatic carbocycles. The van der Waals surface area contributed by atoms with Gasteiger partial charge in [-0.2, -0.15) is 0 Å². The van der Waals surface area contributed by atoms with E-state index in [9.17, 15) is 4.79 Å². The van der Waals surface area contributed by atoms with Gasteiger partial charge in [0.05, 0.1) is 10.9 Å². The molecule has 1 aromatic rings. The second-order valence-corrected chi connectivity index (χ2v) is 4.94. The highest BCUT2D eigenvalue weighted by molar-refractivity contribution is 9.09. The van der Waals surface area contributed by atoms with E-state index < -0.39 is 6.29 Å². The van der Waals surface area contributed by atoms with Gasteiger partial charge in [-0.05, 0) is 12.0 Å². The van der Waals surface area contributed by atoms with Crippen molar-refractivity contribution < 1.29 is 14.3 Å². The van der Waals surface area contributed by atoms with Gasteiger partial charge in [0.15, 0.2) is 0 Å². The summed E-state index contributed by atoms with van der Waals surface area (Å²) in [5.74, 6) is -0.317. The molecular weight excluding hydrogens is 272 g/mol. The zero-order valence-corrected chi connectivity index (χ0v) is 10.5. The van der Waals surface area contributed by atoms with Gasteiger partial charge in [-0.3, -0.25) is 4.79 Å². The summed E-state index contributed by atoms with van der Waals surface area (Å²) in [5, 5.41) is 0. The first-order valence-electron chi connectivity index (χ1n) is 5.18. The predicted molar refractivity (Wildman–Crippen MR) is 63.2 cm³/mol. The van der Waals surface area contributed by atoms with Crippen molar-refractivity contribution >= 4 is 21.9 Å². The summed E-state index contributed by atoms with van der Waals surface area (Å²) < 4.78 is 10.7. The number of esters is 1. The van der Waals surface area contributed by atoms with E-state index in [0.29, 0.717) is 0 Å². The fourth-order valence-electron chi connectivity index (χ4n) is 1.77. The third-order valence-corrected chi connectivity index (χ3v) is 3.29. The molecule has 0 bridgehead atoms. The SMILES string of the molecule is CC(=O)O[C@@H]1O[C@H](c2ccccc2)C[C@H]1Br. The maximum Gasteiger partial charge on any atom is 0.304 e. The second kappa shape index (κ2) is 4.97. The van der Waals surface area contributed by atoms with Crippen molar-refractivity contribution in [3.63, 3.8) is 0 Å². The third-order valence-electron chi connectivity index (χ3n) is 2.49. The number of hydrogen-bond acceptors (Lipinski definition) is 3. The highest BCUT2D eigenvalue weighted by Gasteiger charge is 2.36. The van der Waals surface area contributed by atoms with Crippen LogP contribution in [-0.4, -0.2) is 17.1 Å². The van der Waals surface area contributed by atoms with Crippen LogP contribution in [0.5, 0.6) is 0 Å². The fourth-order valence-corrected chi connectivity index (χ4v) is 2.34. The van der Waals surface area contributed by atoms with Crippen molar-refractivity contribution in [3.05, 3.63) is 35.9 Å². The van der Waals surface area contributed by atoms with Gasteiger partial charge >= 0.3 is 5.97 Å². The van der Waals surface area contributed by atoms with E-state index in [0.717, 1.165) is 12.0 Å². The Balaban J connectivity index is 2.04. The lowest BCUT2D eigenvalue weighted by Crippen LogP contribution is -2.22. The van der Waals surface area contributed by atoms with E-state index >= 15 is 0 Å². The average Bonchev–Trinajstić information content (AvgIpc) is 2.61. The largest absolute Gasteiger partial charge is 0.435 e. The molecule has 1 fully saturated rings. The van der Waals surface area contributed by atoms with Crippen molar-refractivity contribution in [2.75, 3.05) is 0 Å². The lowest BCUT2D eigenvalue weighted by molar-refractivity contribution is -0.172. The van der Waals surface area contributed by atoms with Crippen molar-refractivity contribution in [2.24, 2.45) is 0 Å². The summed E-state index contributed by atoms with van der Waals surface area (Å²) in [6, 6.07) is 9.94. The number of alkyl halides is 1. The van der Waals surface area contributed by atoms with Gasteiger partial charge in [0, 0.05) is 6.92 Å². The first kappa shape index (κ1) is 11.6. The monoisotopic (exact) mass is 284 g/mol. The van der Waals surface area contributed by atoms with E-state index in [1.165, 1.54) is 6.92 Å². The van der Waals surface area contributed by atoms with Crippen molar-refractivity contribution in [3.8, 4) is 0 Å². The highest BCUT2D eigenvalue weighted by Crippen LogP contribution is 2.37. The molecule has 16 heavy (non-hydrogen) atoms. The summed E-state index contributed by atoms with van der Waals surface area (Å²) in [6.07, 6.45) is 0.319. The van der Waals surface area contributed by atoms with Crippen LogP contribution in [0.4, 0.5) is 0 Å². The topological polar surface area (TPSA) is 35.5 Å². The average molecular weight is 285 g/mol. The van der Waals surface area contributed by atoms with E-state index in [2.05, 4.69) is 15.9 Å². The van der Waals surface area contributed by atoms with Crippen LogP contribution in [0.3, 0.4) is 0 Å². The Bertz CT molecular complexity index is 366. The molecule has 2 rings (SSSR count). The Kier molecular flexibility index (Phi) is 3.61. The zero-order valence-electron chi connectivity index (χ0n) is 8.93. The highest BCUT2D eigenvalue weighted by atomic mass is 79.9. The molecule has 0 aliphatic carbocycles. The predicted octanol–water partition coefficient (Wildman–Crippen LogP) is 2.80. The standard InChI is InChI=1S/C12H13BrO3/c1-8(14)15-12-10(13)7-11(16-12)9-5-3-2-4-6-9/h2-6,10-12H,7H2,1H3/t10-,11+,12-/m1/s1. The molecular formula is C12H13BrO3. The second-order valence-electron chi connectivity index (χ2n) is 3.76. The van der Waals surface area contributed by atoms with Crippen LogP contribution in [0.25, 0.3) is 0 Å². The molecule has 0 aromatic heterocycles. The number of ether oxygens (including phenoxy) is 2. The molecule has 1 heterocycles. The number of hydrogen-bond donors (Lipinski definition) is 0. The van der Waals surface area contributed by atoms with Crippen molar-refractivity contribution in [2.45, 2.75) is 30.6 Å². The molecule has 0 unspecified atom stereocenters. The Morgan fingerprint density at radius 3 is 2.75 bits per heavy atom. The molecule has 1 saturated heterocycles. The van der Waals surface area contributed by atoms with Crippen LogP contribution in [0.1, 0.15) is 25.0 Å². The minimum Gasteiger partial charge on any atom is -0.435 e. The molecule has 1 aliphatic rings. The first-order valence-corrected chi connectivity index (χ1v) is 6.10. The van der Waals surface area contributed by atoms with Crippen LogP contribution in [0.2, 0.25) is 0 Å². The summed E-state index contributed by atoms with van der Waals surface area (Å²) in [6.45, 7) is 1.39. The number of benzene rings is 1. The molecule has 3 atom stereocenters. The Hall–Kier alpha value is -0.870. The minimum atomic E-state index is -0.484. The van der Waals surface area contributed by atoms with E-state index in [-0.39, 0.29) is 16.9 Å². The minimum absolute atomic E-state index is 0.00470. The summed E-state index contributed by atoms with van der Waals surface area (Å²) in [7, 11) is 0. The molecule has 3 nitrogen and oxygen atoms in total. The molecule has 0 N–H and O–H groups in total. The molecule has 0 saturated carbocycles. The van der Waals surface area contributed by atoms with Crippen LogP contribution < -0.4 is 0 Å². The zero-order chi connectivity index (χ0) is 11.5. The number of carbonyl (C=O) groups is 1. The van der Waals surface area contributed by atoms with Crippen molar-refractivity contribution in [1.82, 2.24) is 0 Å². The van der Waals surface area contributed by atoms with Gasteiger partial charge in [0.25, 0.3) is 0 Å². The number of halogens is 1. The van der Waals surface area contributed by atoms with E-state index in [1.54, 1.807) is 0 Å². The van der Waals surface area contributed by atoms with Crippen molar-refractivity contribution in [1.29, 1.82) is 0 Å². The smallest absolute Gasteiger partial charge is 0.304 e. The summed E-state index contributed by atoms with van der Waals surface area (Å²) >= 11 is 3.47. The molecule has 0 spiro atoms. The third kappa shape index (κ3) is 2.62. The molecule has 0 radical (unpaired) electrons. The van der Waals surface area contributed by atoms with Gasteiger partial charge in [-0.25, -0.2) is 0 Å². The van der Waals surface area contributed by atoms with Gasteiger partial charge in [0.1, 0.15) is 0 Å². The van der Waals surface area contributed by atoms with Crippen LogP contribution >= 0.6 is 15.9 Å². The number of carbonyl (C=O) groups excluding carboxylic acids is 1. The maximum atomic E-state index is 10.9. The molecule has 1 aliphatic heterocycles. The lowest BCUT2D eigenvalue weighted by atomic mass is 10.1. The molecule has 86 valence electrons. The number of rotatable bonds is 2. The van der Waals surface area contributed by atoms with Gasteiger partial charge < -0.3 is 9.47 Å². The van der Waals surface area contributed by atoms with E-state index in [1.807, 2.05) is 30.3 Å². The Labute approximate surface area is 103 Å². The van der Waals surface area contributed by atoms with Gasteiger partial charge in [-0.15, -0.1) is 0 Å². The Morgan fingerprint density at radius 2 is 2.12 bits per heavy atom. The molecule has 4 heteroatoms. The van der Waals surface area contributed by atoms with Crippen LogP contribution in [0, 0.1) is 0 Å². The lowest BCUT2D eigenvalue weighted by Gasteiger charge is -2.14. The normalized spacial score (nSPS) is 29.0. The Morgan fingerprint density at radius 1 is 1.44 bits per heavy atom. The maximum absolute atomic E-state index is 10.9. The summed E-state index contributed by atoms with van der Waals surface area (Å²) in [5.41, 5.74) is 1.11. The van der Waals surface area contributed by atoms with Gasteiger partial charge in [-0.1, -0.05) is 46.3 Å². The van der Waals surface area contributed by atoms with Crippen LogP contribution in [-0.2, 0) is 14.3 Å².